The van der Waals surface area contributed by atoms with E-state index in [1.165, 1.54) is 0 Å². The number of furan rings is 1. The number of hydrogen-bond acceptors (Lipinski definition) is 3. The Labute approximate surface area is 105 Å². The first-order valence-electron chi connectivity index (χ1n) is 5.95. The molecule has 2 aromatic heterocycles. The van der Waals surface area contributed by atoms with Crippen molar-refractivity contribution in [3.05, 3.63) is 54.4 Å². The molecule has 3 aromatic rings. The van der Waals surface area contributed by atoms with Gasteiger partial charge in [0.05, 0.1) is 11.6 Å². The predicted octanol–water partition coefficient (Wildman–Crippen LogP) is 3.51. The summed E-state index contributed by atoms with van der Waals surface area (Å²) < 4.78 is 5.77. The van der Waals surface area contributed by atoms with E-state index in [0.29, 0.717) is 0 Å². The lowest BCUT2D eigenvalue weighted by atomic mass is 10.1. The van der Waals surface area contributed by atoms with Gasteiger partial charge >= 0.3 is 0 Å². The van der Waals surface area contributed by atoms with E-state index < -0.39 is 0 Å². The topological polar surface area (TPSA) is 52.0 Å². The van der Waals surface area contributed by atoms with Crippen molar-refractivity contribution in [3.8, 4) is 11.3 Å². The third-order valence-corrected chi connectivity index (χ3v) is 2.97. The zero-order valence-electron chi connectivity index (χ0n) is 10.1. The Hall–Kier alpha value is -2.13. The van der Waals surface area contributed by atoms with Crippen LogP contribution in [0.4, 0.5) is 0 Å². The first-order valence-corrected chi connectivity index (χ1v) is 5.95. The van der Waals surface area contributed by atoms with E-state index in [-0.39, 0.29) is 6.04 Å². The van der Waals surface area contributed by atoms with Crippen molar-refractivity contribution >= 4 is 10.9 Å². The molecule has 0 aliphatic heterocycles. The quantitative estimate of drug-likeness (QED) is 0.743. The number of benzene rings is 1. The zero-order chi connectivity index (χ0) is 12.5. The molecule has 1 unspecified atom stereocenters. The number of pyridine rings is 1. The fourth-order valence-electron chi connectivity index (χ4n) is 2.05. The van der Waals surface area contributed by atoms with Crippen LogP contribution in [-0.2, 0) is 0 Å². The van der Waals surface area contributed by atoms with Crippen LogP contribution in [0, 0.1) is 0 Å². The molecule has 3 heteroatoms. The molecule has 90 valence electrons. The number of aromatic nitrogens is 1. The average Bonchev–Trinajstić information content (AvgIpc) is 2.87. The normalized spacial score (nSPS) is 12.8. The van der Waals surface area contributed by atoms with Gasteiger partial charge in [-0.3, -0.25) is 4.98 Å². The second kappa shape index (κ2) is 4.27. The van der Waals surface area contributed by atoms with Crippen LogP contribution in [0.15, 0.2) is 53.1 Å². The maximum atomic E-state index is 5.81. The van der Waals surface area contributed by atoms with Gasteiger partial charge in [0.25, 0.3) is 0 Å². The first kappa shape index (κ1) is 11.0. The van der Waals surface area contributed by atoms with Gasteiger partial charge in [-0.25, -0.2) is 0 Å². The van der Waals surface area contributed by atoms with Crippen molar-refractivity contribution in [2.45, 2.75) is 13.0 Å². The van der Waals surface area contributed by atoms with Gasteiger partial charge in [0.1, 0.15) is 11.5 Å². The van der Waals surface area contributed by atoms with Crippen LogP contribution in [0.25, 0.3) is 22.2 Å². The minimum atomic E-state index is -0.0957. The summed E-state index contributed by atoms with van der Waals surface area (Å²) in [5.41, 5.74) is 7.76. The molecule has 2 N–H and O–H groups in total. The molecule has 0 spiro atoms. The predicted molar refractivity (Wildman–Crippen MR) is 72.0 cm³/mol. The minimum Gasteiger partial charge on any atom is -0.459 e. The van der Waals surface area contributed by atoms with E-state index >= 15 is 0 Å². The fraction of sp³-hybridized carbons (Fsp3) is 0.133. The fourth-order valence-corrected chi connectivity index (χ4v) is 2.05. The number of hydrogen-bond donors (Lipinski definition) is 1. The molecular weight excluding hydrogens is 224 g/mol. The highest BCUT2D eigenvalue weighted by molar-refractivity contribution is 5.92. The summed E-state index contributed by atoms with van der Waals surface area (Å²) in [6.45, 7) is 1.91. The van der Waals surface area contributed by atoms with E-state index in [1.54, 1.807) is 6.20 Å². The summed E-state index contributed by atoms with van der Waals surface area (Å²) in [6.07, 6.45) is 1.79. The maximum absolute atomic E-state index is 5.81. The van der Waals surface area contributed by atoms with Gasteiger partial charge in [-0.05, 0) is 31.2 Å². The molecule has 3 nitrogen and oxygen atoms in total. The maximum Gasteiger partial charge on any atom is 0.136 e. The van der Waals surface area contributed by atoms with Crippen LogP contribution in [0.2, 0.25) is 0 Å². The molecule has 3 rings (SSSR count). The molecule has 2 heterocycles. The highest BCUT2D eigenvalue weighted by Crippen LogP contribution is 2.29. The lowest BCUT2D eigenvalue weighted by molar-refractivity contribution is 0.491. The Balaban J connectivity index is 2.18. The Kier molecular flexibility index (Phi) is 2.61. The second-order valence-corrected chi connectivity index (χ2v) is 4.37. The van der Waals surface area contributed by atoms with Crippen LogP contribution in [0.3, 0.4) is 0 Å². The summed E-state index contributed by atoms with van der Waals surface area (Å²) in [4.78, 5) is 4.42. The molecule has 18 heavy (non-hydrogen) atoms. The molecule has 0 radical (unpaired) electrons. The summed E-state index contributed by atoms with van der Waals surface area (Å²) in [6, 6.07) is 13.8. The molecule has 0 aliphatic carbocycles. The van der Waals surface area contributed by atoms with Crippen molar-refractivity contribution in [2.75, 3.05) is 0 Å². The van der Waals surface area contributed by atoms with E-state index in [1.807, 2.05) is 49.4 Å². The Bertz CT molecular complexity index is 680. The molecule has 0 fully saturated rings. The van der Waals surface area contributed by atoms with Gasteiger partial charge < -0.3 is 10.2 Å². The second-order valence-electron chi connectivity index (χ2n) is 4.37. The van der Waals surface area contributed by atoms with Gasteiger partial charge in [-0.15, -0.1) is 0 Å². The van der Waals surface area contributed by atoms with Gasteiger partial charge in [0.15, 0.2) is 0 Å². The molecule has 0 bridgehead atoms. The summed E-state index contributed by atoms with van der Waals surface area (Å²) in [5.74, 6) is 1.60. The van der Waals surface area contributed by atoms with Crippen molar-refractivity contribution in [1.82, 2.24) is 4.98 Å². The van der Waals surface area contributed by atoms with E-state index in [0.717, 1.165) is 28.0 Å². The highest BCUT2D eigenvalue weighted by Gasteiger charge is 2.10. The van der Waals surface area contributed by atoms with Crippen LogP contribution in [0.1, 0.15) is 18.7 Å². The number of rotatable bonds is 2. The summed E-state index contributed by atoms with van der Waals surface area (Å²) in [5, 5.41) is 1.11. The van der Waals surface area contributed by atoms with Gasteiger partial charge in [-0.2, -0.15) is 0 Å². The third-order valence-electron chi connectivity index (χ3n) is 2.97. The molecule has 0 saturated heterocycles. The zero-order valence-corrected chi connectivity index (χ0v) is 10.1. The highest BCUT2D eigenvalue weighted by atomic mass is 16.3. The molecule has 1 atom stereocenters. The lowest BCUT2D eigenvalue weighted by Gasteiger charge is -2.03. The number of fused-ring (bicyclic) bond motifs is 1. The monoisotopic (exact) mass is 238 g/mol. The van der Waals surface area contributed by atoms with Crippen LogP contribution in [0.5, 0.6) is 0 Å². The van der Waals surface area contributed by atoms with Gasteiger partial charge in [0.2, 0.25) is 0 Å². The standard InChI is InChI=1S/C15H14N2O/c1-10(16)13-7-8-14(18-13)12-6-2-4-11-5-3-9-17-15(11)12/h2-10H,16H2,1H3. The largest absolute Gasteiger partial charge is 0.459 e. The van der Waals surface area contributed by atoms with Gasteiger partial charge in [-0.1, -0.05) is 18.2 Å². The van der Waals surface area contributed by atoms with Crippen molar-refractivity contribution in [2.24, 2.45) is 5.73 Å². The molecule has 1 aromatic carbocycles. The Morgan fingerprint density at radius 1 is 1.11 bits per heavy atom. The number of nitrogens with zero attached hydrogens (tertiary/aromatic N) is 1. The molecule has 0 saturated carbocycles. The smallest absolute Gasteiger partial charge is 0.136 e. The van der Waals surface area contributed by atoms with E-state index in [4.69, 9.17) is 10.2 Å². The summed E-state index contributed by atoms with van der Waals surface area (Å²) >= 11 is 0. The first-order chi connectivity index (χ1) is 8.75. The SMILES string of the molecule is CC(N)c1ccc(-c2cccc3cccnc23)o1. The van der Waals surface area contributed by atoms with Crippen molar-refractivity contribution in [1.29, 1.82) is 0 Å². The van der Waals surface area contributed by atoms with Crippen LogP contribution >= 0.6 is 0 Å². The summed E-state index contributed by atoms with van der Waals surface area (Å²) in [7, 11) is 0. The van der Waals surface area contributed by atoms with Crippen LogP contribution in [-0.4, -0.2) is 4.98 Å². The average molecular weight is 238 g/mol. The van der Waals surface area contributed by atoms with E-state index in [2.05, 4.69) is 4.98 Å². The number of para-hydroxylation sites is 1. The van der Waals surface area contributed by atoms with Gasteiger partial charge in [0, 0.05) is 17.1 Å². The number of nitrogens with two attached hydrogens (primary N) is 1. The van der Waals surface area contributed by atoms with Crippen molar-refractivity contribution < 1.29 is 4.42 Å². The Morgan fingerprint density at radius 2 is 1.94 bits per heavy atom. The minimum absolute atomic E-state index is 0.0957. The lowest BCUT2D eigenvalue weighted by Crippen LogP contribution is -2.02. The molecule has 0 aliphatic rings. The Morgan fingerprint density at radius 3 is 2.72 bits per heavy atom. The van der Waals surface area contributed by atoms with Crippen LogP contribution < -0.4 is 5.73 Å². The third kappa shape index (κ3) is 1.79. The molecular formula is C15H14N2O. The van der Waals surface area contributed by atoms with E-state index in [9.17, 15) is 0 Å². The van der Waals surface area contributed by atoms with Crippen molar-refractivity contribution in [3.63, 3.8) is 0 Å². The molecule has 0 amide bonds.